The molecule has 0 radical (unpaired) electrons. The first kappa shape index (κ1) is 22.1. The van der Waals surface area contributed by atoms with Gasteiger partial charge in [0.25, 0.3) is 11.1 Å². The molecule has 0 spiro atoms. The highest BCUT2D eigenvalue weighted by Crippen LogP contribution is 2.28. The minimum absolute atomic E-state index is 0.00621. The largest absolute Gasteiger partial charge is 0.414 e. The third-order valence-corrected chi connectivity index (χ3v) is 6.17. The van der Waals surface area contributed by atoms with Crippen LogP contribution in [0.5, 0.6) is 0 Å². The normalized spacial score (nSPS) is 13.2. The number of para-hydroxylation sites is 1. The minimum Gasteiger partial charge on any atom is -0.414 e. The first-order valence-corrected chi connectivity index (χ1v) is 11.5. The fraction of sp³-hybridized carbons (Fsp3) is 0.333. The van der Waals surface area contributed by atoms with E-state index in [0.717, 1.165) is 12.1 Å². The summed E-state index contributed by atoms with van der Waals surface area (Å²) in [5, 5.41) is 11.0. The van der Waals surface area contributed by atoms with Crippen molar-refractivity contribution in [3.05, 3.63) is 71.1 Å². The molecule has 8 heteroatoms. The monoisotopic (exact) mass is 450 g/mol. The van der Waals surface area contributed by atoms with E-state index < -0.39 is 0 Å². The van der Waals surface area contributed by atoms with Crippen LogP contribution in [0.3, 0.4) is 0 Å². The Balaban J connectivity index is 1.27. The molecule has 0 bridgehead atoms. The van der Waals surface area contributed by atoms with E-state index >= 15 is 0 Å². The zero-order valence-electron chi connectivity index (χ0n) is 18.4. The average molecular weight is 451 g/mol. The van der Waals surface area contributed by atoms with Crippen molar-refractivity contribution < 1.29 is 14.0 Å². The number of fused-ring (bicyclic) bond motifs is 1. The molecule has 0 aliphatic carbocycles. The van der Waals surface area contributed by atoms with E-state index in [1.807, 2.05) is 48.5 Å². The number of nitrogens with zero attached hydrogens (tertiary/aromatic N) is 3. The van der Waals surface area contributed by atoms with E-state index in [9.17, 15) is 9.59 Å². The lowest BCUT2D eigenvalue weighted by atomic mass is 9.87. The zero-order valence-corrected chi connectivity index (χ0v) is 19.2. The molecule has 1 aromatic heterocycles. The standard InChI is InChI=1S/C24H26N4O3S/c1-24(2,3)18-10-8-17(9-11-18)22(30)25-14-20-26-27-23(31-20)32-15-21(29)28-13-12-16-6-4-5-7-19(16)28/h4-11H,12-15H2,1-3H3,(H,25,30). The Hall–Kier alpha value is -3.13. The number of hydrogen-bond acceptors (Lipinski definition) is 6. The molecule has 0 unspecified atom stereocenters. The second-order valence-corrected chi connectivity index (χ2v) is 9.61. The van der Waals surface area contributed by atoms with Gasteiger partial charge in [0.1, 0.15) is 0 Å². The molecular weight excluding hydrogens is 424 g/mol. The molecule has 7 nitrogen and oxygen atoms in total. The molecule has 0 saturated carbocycles. The van der Waals surface area contributed by atoms with Crippen LogP contribution in [0, 0.1) is 0 Å². The van der Waals surface area contributed by atoms with Crippen molar-refractivity contribution in [1.29, 1.82) is 0 Å². The number of thioether (sulfide) groups is 1. The van der Waals surface area contributed by atoms with Gasteiger partial charge in [0.2, 0.25) is 11.8 Å². The van der Waals surface area contributed by atoms with Crippen molar-refractivity contribution in [2.24, 2.45) is 0 Å². The molecule has 0 fully saturated rings. The Morgan fingerprint density at radius 1 is 1.09 bits per heavy atom. The highest BCUT2D eigenvalue weighted by Gasteiger charge is 2.24. The maximum absolute atomic E-state index is 12.6. The van der Waals surface area contributed by atoms with Crippen molar-refractivity contribution in [3.63, 3.8) is 0 Å². The molecule has 4 rings (SSSR count). The number of carbonyl (C=O) groups excluding carboxylic acids is 2. The topological polar surface area (TPSA) is 88.3 Å². The van der Waals surface area contributed by atoms with Crippen LogP contribution < -0.4 is 10.2 Å². The van der Waals surface area contributed by atoms with Gasteiger partial charge in [-0.15, -0.1) is 10.2 Å². The molecule has 2 aromatic carbocycles. The van der Waals surface area contributed by atoms with Gasteiger partial charge in [-0.05, 0) is 41.2 Å². The molecule has 2 amide bonds. The van der Waals surface area contributed by atoms with Crippen molar-refractivity contribution in [2.75, 3.05) is 17.2 Å². The van der Waals surface area contributed by atoms with E-state index in [0.29, 0.717) is 23.2 Å². The molecule has 0 atom stereocenters. The van der Waals surface area contributed by atoms with Crippen LogP contribution >= 0.6 is 11.8 Å². The lowest BCUT2D eigenvalue weighted by molar-refractivity contribution is -0.116. The fourth-order valence-corrected chi connectivity index (χ4v) is 4.20. The van der Waals surface area contributed by atoms with Crippen molar-refractivity contribution in [1.82, 2.24) is 15.5 Å². The summed E-state index contributed by atoms with van der Waals surface area (Å²) in [5.41, 5.74) is 3.94. The number of rotatable bonds is 6. The van der Waals surface area contributed by atoms with Crippen molar-refractivity contribution in [2.45, 2.75) is 44.4 Å². The van der Waals surface area contributed by atoms with E-state index in [2.05, 4.69) is 36.3 Å². The number of nitrogens with one attached hydrogen (secondary N) is 1. The predicted octanol–water partition coefficient (Wildman–Crippen LogP) is 3.98. The summed E-state index contributed by atoms with van der Waals surface area (Å²) in [7, 11) is 0. The lowest BCUT2D eigenvalue weighted by Crippen LogP contribution is -2.30. The van der Waals surface area contributed by atoms with Crippen LogP contribution in [-0.2, 0) is 23.2 Å². The summed E-state index contributed by atoms with van der Waals surface area (Å²) in [6.45, 7) is 7.21. The van der Waals surface area contributed by atoms with Gasteiger partial charge in [-0.3, -0.25) is 9.59 Å². The molecule has 1 aliphatic heterocycles. The smallest absolute Gasteiger partial charge is 0.277 e. The van der Waals surface area contributed by atoms with Crippen LogP contribution in [0.1, 0.15) is 48.1 Å². The number of amides is 2. The summed E-state index contributed by atoms with van der Waals surface area (Å²) >= 11 is 1.20. The van der Waals surface area contributed by atoms with Gasteiger partial charge in [0.05, 0.1) is 12.3 Å². The summed E-state index contributed by atoms with van der Waals surface area (Å²) in [6.07, 6.45) is 0.871. The minimum atomic E-state index is -0.208. The number of aromatic nitrogens is 2. The Morgan fingerprint density at radius 2 is 1.84 bits per heavy atom. The molecule has 32 heavy (non-hydrogen) atoms. The highest BCUT2D eigenvalue weighted by molar-refractivity contribution is 7.99. The third kappa shape index (κ3) is 5.02. The fourth-order valence-electron chi connectivity index (χ4n) is 3.55. The lowest BCUT2D eigenvalue weighted by Gasteiger charge is -2.18. The van der Waals surface area contributed by atoms with E-state index in [1.54, 1.807) is 4.90 Å². The summed E-state index contributed by atoms with van der Waals surface area (Å²) < 4.78 is 5.57. The van der Waals surface area contributed by atoms with Gasteiger partial charge < -0.3 is 14.6 Å². The van der Waals surface area contributed by atoms with Crippen LogP contribution in [0.25, 0.3) is 0 Å². The Bertz CT molecular complexity index is 1120. The van der Waals surface area contributed by atoms with Gasteiger partial charge in [-0.2, -0.15) is 0 Å². The number of anilines is 1. The van der Waals surface area contributed by atoms with Gasteiger partial charge in [-0.1, -0.05) is 62.9 Å². The Morgan fingerprint density at radius 3 is 2.59 bits per heavy atom. The Kier molecular flexibility index (Phi) is 6.32. The van der Waals surface area contributed by atoms with Gasteiger partial charge >= 0.3 is 0 Å². The van der Waals surface area contributed by atoms with Gasteiger partial charge in [0.15, 0.2) is 0 Å². The maximum Gasteiger partial charge on any atom is 0.277 e. The molecule has 0 saturated heterocycles. The van der Waals surface area contributed by atoms with Crippen LogP contribution in [-0.4, -0.2) is 34.3 Å². The average Bonchev–Trinajstić information content (AvgIpc) is 3.42. The van der Waals surface area contributed by atoms with E-state index in [4.69, 9.17) is 4.42 Å². The second kappa shape index (κ2) is 9.16. The maximum atomic E-state index is 12.6. The number of benzene rings is 2. The van der Waals surface area contributed by atoms with Crippen molar-refractivity contribution >= 4 is 29.3 Å². The first-order valence-electron chi connectivity index (χ1n) is 10.5. The molecule has 166 valence electrons. The van der Waals surface area contributed by atoms with Crippen LogP contribution in [0.4, 0.5) is 5.69 Å². The van der Waals surface area contributed by atoms with Gasteiger partial charge in [0, 0.05) is 17.8 Å². The summed E-state index contributed by atoms with van der Waals surface area (Å²) in [6, 6.07) is 15.5. The van der Waals surface area contributed by atoms with Gasteiger partial charge in [-0.25, -0.2) is 0 Å². The van der Waals surface area contributed by atoms with Crippen LogP contribution in [0.2, 0.25) is 0 Å². The summed E-state index contributed by atoms with van der Waals surface area (Å²) in [5.74, 6) is 0.307. The molecule has 1 N–H and O–H groups in total. The molecular formula is C24H26N4O3S. The SMILES string of the molecule is CC(C)(C)c1ccc(C(=O)NCc2nnc(SCC(=O)N3CCc4ccccc43)o2)cc1. The van der Waals surface area contributed by atoms with E-state index in [1.165, 1.54) is 22.9 Å². The number of carbonyl (C=O) groups is 2. The third-order valence-electron chi connectivity index (χ3n) is 5.37. The van der Waals surface area contributed by atoms with E-state index in [-0.39, 0.29) is 29.5 Å². The second-order valence-electron chi connectivity index (χ2n) is 8.68. The van der Waals surface area contributed by atoms with Crippen LogP contribution in [0.15, 0.2) is 58.2 Å². The number of hydrogen-bond donors (Lipinski definition) is 1. The molecule has 3 aromatic rings. The zero-order chi connectivity index (χ0) is 22.7. The Labute approximate surface area is 191 Å². The van der Waals surface area contributed by atoms with Crippen molar-refractivity contribution in [3.8, 4) is 0 Å². The summed E-state index contributed by atoms with van der Waals surface area (Å²) in [4.78, 5) is 26.8. The first-order chi connectivity index (χ1) is 15.3. The molecule has 1 aliphatic rings. The highest BCUT2D eigenvalue weighted by atomic mass is 32.2. The molecule has 2 heterocycles. The quantitative estimate of drug-likeness (QED) is 0.572. The predicted molar refractivity (Wildman–Crippen MR) is 124 cm³/mol.